The fraction of sp³-hybridized carbons (Fsp3) is 0.708. The van der Waals surface area contributed by atoms with Crippen molar-refractivity contribution in [3.8, 4) is 0 Å². The van der Waals surface area contributed by atoms with E-state index in [1.165, 1.54) is 24.0 Å². The van der Waals surface area contributed by atoms with E-state index in [2.05, 4.69) is 41.4 Å². The van der Waals surface area contributed by atoms with Crippen LogP contribution in [0.3, 0.4) is 0 Å². The van der Waals surface area contributed by atoms with Gasteiger partial charge in [-0.05, 0) is 56.6 Å². The summed E-state index contributed by atoms with van der Waals surface area (Å²) in [6.45, 7) is 7.86. The van der Waals surface area contributed by atoms with E-state index in [4.69, 9.17) is 19.2 Å². The van der Waals surface area contributed by atoms with Crippen LogP contribution in [0.5, 0.6) is 0 Å². The Morgan fingerprint density at radius 3 is 2.93 bits per heavy atom. The summed E-state index contributed by atoms with van der Waals surface area (Å²) in [5.74, 6) is 0.992. The Hall–Kier alpha value is -1.63. The molecule has 0 bridgehead atoms. The van der Waals surface area contributed by atoms with E-state index in [-0.39, 0.29) is 18.3 Å². The van der Waals surface area contributed by atoms with Crippen molar-refractivity contribution in [3.63, 3.8) is 0 Å². The number of fused-ring (bicyclic) bond motifs is 1. The van der Waals surface area contributed by atoms with Gasteiger partial charge in [0.25, 0.3) is 0 Å². The molecular weight excluding hydrogens is 378 g/mol. The van der Waals surface area contributed by atoms with Gasteiger partial charge in [-0.15, -0.1) is 0 Å². The van der Waals surface area contributed by atoms with E-state index >= 15 is 0 Å². The smallest absolute Gasteiger partial charge is 0.194 e. The molecule has 2 heterocycles. The van der Waals surface area contributed by atoms with Gasteiger partial charge in [-0.1, -0.05) is 24.3 Å². The highest BCUT2D eigenvalue weighted by atomic mass is 16.5. The molecule has 2 fully saturated rings. The summed E-state index contributed by atoms with van der Waals surface area (Å²) in [4.78, 5) is 7.21. The number of nitrogens with one attached hydrogen (secondary N) is 1. The molecule has 0 saturated carbocycles. The van der Waals surface area contributed by atoms with Crippen LogP contribution in [0.15, 0.2) is 29.3 Å². The van der Waals surface area contributed by atoms with Gasteiger partial charge in [0.15, 0.2) is 5.96 Å². The molecule has 3 aliphatic rings. The first-order valence-electron chi connectivity index (χ1n) is 11.8. The fourth-order valence-corrected chi connectivity index (χ4v) is 4.77. The lowest BCUT2D eigenvalue weighted by molar-refractivity contribution is -0.0817. The summed E-state index contributed by atoms with van der Waals surface area (Å²) < 4.78 is 18.1. The first kappa shape index (κ1) is 21.6. The summed E-state index contributed by atoms with van der Waals surface area (Å²) in [6, 6.07) is 8.72. The van der Waals surface area contributed by atoms with Crippen molar-refractivity contribution >= 4 is 5.96 Å². The number of aliphatic imine (C=N–C) groups is 1. The Morgan fingerprint density at radius 1 is 1.17 bits per heavy atom. The molecule has 3 unspecified atom stereocenters. The molecule has 2 aliphatic heterocycles. The molecular formula is C24H37N3O3. The molecule has 0 aromatic heterocycles. The molecule has 0 amide bonds. The number of benzene rings is 1. The zero-order chi connectivity index (χ0) is 20.6. The van der Waals surface area contributed by atoms with E-state index in [1.54, 1.807) is 0 Å². The summed E-state index contributed by atoms with van der Waals surface area (Å²) >= 11 is 0. The van der Waals surface area contributed by atoms with Crippen LogP contribution in [0, 0.1) is 0 Å². The van der Waals surface area contributed by atoms with E-state index in [0.717, 1.165) is 77.6 Å². The zero-order valence-corrected chi connectivity index (χ0v) is 18.4. The van der Waals surface area contributed by atoms with Crippen molar-refractivity contribution in [2.45, 2.75) is 63.8 Å². The average molecular weight is 416 g/mol. The number of guanidine groups is 1. The molecule has 6 nitrogen and oxygen atoms in total. The summed E-state index contributed by atoms with van der Waals surface area (Å²) in [5.41, 5.74) is 2.84. The Morgan fingerprint density at radius 2 is 2.07 bits per heavy atom. The summed E-state index contributed by atoms with van der Waals surface area (Å²) in [6.07, 6.45) is 7.35. The van der Waals surface area contributed by atoms with E-state index in [1.807, 2.05) is 0 Å². The highest BCUT2D eigenvalue weighted by Gasteiger charge is 2.32. The molecule has 166 valence electrons. The molecule has 4 rings (SSSR count). The number of rotatable bonds is 7. The van der Waals surface area contributed by atoms with E-state index in [9.17, 15) is 0 Å². The normalized spacial score (nSPS) is 27.2. The predicted molar refractivity (Wildman–Crippen MR) is 119 cm³/mol. The van der Waals surface area contributed by atoms with Gasteiger partial charge in [0, 0.05) is 39.4 Å². The van der Waals surface area contributed by atoms with Crippen molar-refractivity contribution in [2.24, 2.45) is 4.99 Å². The number of ether oxygens (including phenoxy) is 3. The lowest BCUT2D eigenvalue weighted by Gasteiger charge is -2.37. The van der Waals surface area contributed by atoms with E-state index in [0.29, 0.717) is 0 Å². The second kappa shape index (κ2) is 11.1. The Labute approximate surface area is 181 Å². The molecule has 1 aliphatic carbocycles. The number of hydrogen-bond acceptors (Lipinski definition) is 4. The van der Waals surface area contributed by atoms with Crippen LogP contribution >= 0.6 is 0 Å². The maximum atomic E-state index is 6.24. The average Bonchev–Trinajstić information content (AvgIpc) is 3.33. The molecule has 1 N–H and O–H groups in total. The molecule has 0 radical (unpaired) electrons. The van der Waals surface area contributed by atoms with Gasteiger partial charge in [0.1, 0.15) is 6.10 Å². The highest BCUT2D eigenvalue weighted by molar-refractivity contribution is 5.80. The van der Waals surface area contributed by atoms with Gasteiger partial charge in [-0.25, -0.2) is 0 Å². The molecule has 2 saturated heterocycles. The minimum absolute atomic E-state index is 0.153. The maximum Gasteiger partial charge on any atom is 0.194 e. The highest BCUT2D eigenvalue weighted by Crippen LogP contribution is 2.32. The van der Waals surface area contributed by atoms with Crippen LogP contribution < -0.4 is 5.32 Å². The molecule has 0 spiro atoms. The van der Waals surface area contributed by atoms with Gasteiger partial charge in [-0.2, -0.15) is 0 Å². The quantitative estimate of drug-likeness (QED) is 0.421. The third-order valence-electron chi connectivity index (χ3n) is 6.30. The number of aryl methyl sites for hydroxylation is 1. The standard InChI is InChI=1S/C24H37N3O3/c1-2-25-24(27-14-17-30-23(18-27)22-12-6-15-29-22)26-13-7-16-28-21-11-5-9-19-8-3-4-10-20(19)21/h3-4,8,10,21-23H,2,5-7,9,11-18H2,1H3,(H,25,26). The van der Waals surface area contributed by atoms with Gasteiger partial charge < -0.3 is 24.4 Å². The minimum atomic E-state index is 0.153. The number of nitrogens with zero attached hydrogens (tertiary/aromatic N) is 2. The molecule has 1 aromatic carbocycles. The van der Waals surface area contributed by atoms with Crippen LogP contribution in [-0.2, 0) is 20.6 Å². The Bertz CT molecular complexity index is 690. The zero-order valence-electron chi connectivity index (χ0n) is 18.4. The topological polar surface area (TPSA) is 55.3 Å². The van der Waals surface area contributed by atoms with Crippen LogP contribution in [0.25, 0.3) is 0 Å². The van der Waals surface area contributed by atoms with Gasteiger partial charge in [-0.3, -0.25) is 4.99 Å². The van der Waals surface area contributed by atoms with Crippen molar-refractivity contribution in [3.05, 3.63) is 35.4 Å². The minimum Gasteiger partial charge on any atom is -0.375 e. The maximum absolute atomic E-state index is 6.24. The molecule has 3 atom stereocenters. The lowest BCUT2D eigenvalue weighted by atomic mass is 9.89. The number of morpholine rings is 1. The number of hydrogen-bond donors (Lipinski definition) is 1. The first-order chi connectivity index (χ1) is 14.8. The molecule has 6 heteroatoms. The molecule has 30 heavy (non-hydrogen) atoms. The predicted octanol–water partition coefficient (Wildman–Crippen LogP) is 3.32. The van der Waals surface area contributed by atoms with Crippen LogP contribution in [0.1, 0.15) is 56.3 Å². The van der Waals surface area contributed by atoms with Crippen LogP contribution in [0.4, 0.5) is 0 Å². The van der Waals surface area contributed by atoms with Gasteiger partial charge >= 0.3 is 0 Å². The fourth-order valence-electron chi connectivity index (χ4n) is 4.77. The monoisotopic (exact) mass is 415 g/mol. The SMILES string of the molecule is CCNC(=NCCCOC1CCCc2ccccc21)N1CCOC(C2CCCO2)C1. The van der Waals surface area contributed by atoms with Crippen molar-refractivity contribution < 1.29 is 14.2 Å². The van der Waals surface area contributed by atoms with Gasteiger partial charge in [0.2, 0.25) is 0 Å². The second-order valence-electron chi connectivity index (χ2n) is 8.45. The summed E-state index contributed by atoms with van der Waals surface area (Å²) in [7, 11) is 0. The van der Waals surface area contributed by atoms with E-state index < -0.39 is 0 Å². The summed E-state index contributed by atoms with van der Waals surface area (Å²) in [5, 5.41) is 3.46. The lowest BCUT2D eigenvalue weighted by Crippen LogP contribution is -2.53. The van der Waals surface area contributed by atoms with Crippen LogP contribution in [-0.4, -0.2) is 69.1 Å². The Balaban J connectivity index is 1.25. The molecule has 1 aromatic rings. The van der Waals surface area contributed by atoms with Gasteiger partial charge in [0.05, 0.1) is 18.8 Å². The first-order valence-corrected chi connectivity index (χ1v) is 11.8. The van der Waals surface area contributed by atoms with Crippen molar-refractivity contribution in [1.82, 2.24) is 10.2 Å². The van der Waals surface area contributed by atoms with Crippen LogP contribution in [0.2, 0.25) is 0 Å². The second-order valence-corrected chi connectivity index (χ2v) is 8.45. The van der Waals surface area contributed by atoms with Crippen molar-refractivity contribution in [2.75, 3.05) is 46.0 Å². The Kier molecular flexibility index (Phi) is 8.01. The third-order valence-corrected chi connectivity index (χ3v) is 6.30. The third kappa shape index (κ3) is 5.54. The largest absolute Gasteiger partial charge is 0.375 e. The van der Waals surface area contributed by atoms with Crippen molar-refractivity contribution in [1.29, 1.82) is 0 Å².